The third-order valence-corrected chi connectivity index (χ3v) is 10.2. The van der Waals surface area contributed by atoms with Crippen molar-refractivity contribution in [1.29, 1.82) is 0 Å². The molecule has 0 saturated carbocycles. The fourth-order valence-corrected chi connectivity index (χ4v) is 6.40. The van der Waals surface area contributed by atoms with E-state index >= 15 is 0 Å². The van der Waals surface area contributed by atoms with E-state index in [1.54, 1.807) is 0 Å². The summed E-state index contributed by atoms with van der Waals surface area (Å²) in [6.07, 6.45) is 63.8. The van der Waals surface area contributed by atoms with Gasteiger partial charge in [-0.25, -0.2) is 4.79 Å². The van der Waals surface area contributed by atoms with Gasteiger partial charge in [-0.05, 0) is 89.9 Å². The van der Waals surface area contributed by atoms with Crippen LogP contribution in [0.3, 0.4) is 0 Å². The van der Waals surface area contributed by atoms with Crippen molar-refractivity contribution in [2.24, 2.45) is 0 Å². The Balaban J connectivity index is 4.43. The van der Waals surface area contributed by atoms with Gasteiger partial charge in [-0.2, -0.15) is 0 Å². The van der Waals surface area contributed by atoms with Crippen LogP contribution in [-0.4, -0.2) is 80.6 Å². The van der Waals surface area contributed by atoms with Gasteiger partial charge in [-0.15, -0.1) is 0 Å². The first kappa shape index (κ1) is 59.7. The van der Waals surface area contributed by atoms with Crippen LogP contribution in [0.15, 0.2) is 122 Å². The van der Waals surface area contributed by atoms with Gasteiger partial charge in [0.25, 0.3) is 0 Å². The number of carboxylic acids is 1. The van der Waals surface area contributed by atoms with E-state index in [1.807, 2.05) is 27.2 Å². The summed E-state index contributed by atoms with van der Waals surface area (Å²) in [4.78, 5) is 37.1. The summed E-state index contributed by atoms with van der Waals surface area (Å²) in [7, 11) is 5.50. The highest BCUT2D eigenvalue weighted by Crippen LogP contribution is 2.12. The zero-order valence-corrected chi connectivity index (χ0v) is 40.9. The number of unbranched alkanes of at least 4 members (excludes halogenated alkanes) is 11. The number of carbonyl (C=O) groups excluding carboxylic acids is 2. The fraction of sp³-hybridized carbons (Fsp3) is 0.589. The number of hydrogen-bond acceptors (Lipinski definition) is 6. The van der Waals surface area contributed by atoms with Crippen LogP contribution >= 0.6 is 0 Å². The number of quaternary nitrogens is 1. The van der Waals surface area contributed by atoms with Crippen LogP contribution < -0.4 is 0 Å². The lowest BCUT2D eigenvalue weighted by Crippen LogP contribution is -2.50. The minimum Gasteiger partial charge on any atom is -0.477 e. The predicted molar refractivity (Wildman–Crippen MR) is 270 cm³/mol. The van der Waals surface area contributed by atoms with Gasteiger partial charge in [-0.1, -0.05) is 174 Å². The molecule has 0 aliphatic carbocycles. The van der Waals surface area contributed by atoms with E-state index in [0.29, 0.717) is 12.8 Å². The third-order valence-electron chi connectivity index (χ3n) is 10.2. The number of aliphatic carboxylic acids is 1. The highest BCUT2D eigenvalue weighted by atomic mass is 16.6. The number of carbonyl (C=O) groups is 3. The van der Waals surface area contributed by atoms with Gasteiger partial charge < -0.3 is 23.8 Å². The minimum absolute atomic E-state index is 0.0314. The largest absolute Gasteiger partial charge is 0.477 e. The lowest BCUT2D eigenvalue weighted by Gasteiger charge is -2.31. The van der Waals surface area contributed by atoms with Crippen molar-refractivity contribution in [3.05, 3.63) is 122 Å². The van der Waals surface area contributed by atoms with E-state index < -0.39 is 18.1 Å². The average molecular weight is 889 g/mol. The molecule has 0 aromatic heterocycles. The van der Waals surface area contributed by atoms with Gasteiger partial charge in [-0.3, -0.25) is 9.59 Å². The van der Waals surface area contributed by atoms with Crippen molar-refractivity contribution in [3.8, 4) is 0 Å². The monoisotopic (exact) mass is 889 g/mol. The number of nitrogens with zero attached hydrogens (tertiary/aromatic N) is 1. The third kappa shape index (κ3) is 43.0. The van der Waals surface area contributed by atoms with Crippen LogP contribution in [-0.2, 0) is 28.6 Å². The number of carboxylic acid groups (broad SMARTS) is 1. The van der Waals surface area contributed by atoms with Gasteiger partial charge in [0.05, 0.1) is 34.4 Å². The van der Waals surface area contributed by atoms with E-state index in [1.165, 1.54) is 19.3 Å². The van der Waals surface area contributed by atoms with Crippen LogP contribution in [0.5, 0.6) is 0 Å². The number of esters is 2. The van der Waals surface area contributed by atoms with Crippen LogP contribution in [0.1, 0.15) is 162 Å². The highest BCUT2D eigenvalue weighted by Gasteiger charge is 2.31. The Kier molecular flexibility index (Phi) is 42.3. The maximum atomic E-state index is 12.8. The van der Waals surface area contributed by atoms with E-state index in [2.05, 4.69) is 129 Å². The van der Waals surface area contributed by atoms with E-state index in [9.17, 15) is 19.5 Å². The maximum Gasteiger partial charge on any atom is 0.362 e. The molecule has 0 aliphatic rings. The van der Waals surface area contributed by atoms with Crippen molar-refractivity contribution in [1.82, 2.24) is 0 Å². The Bertz CT molecular complexity index is 1450. The number of allylic oxidation sites excluding steroid dienone is 20. The standard InChI is InChI=1S/C56H89NO7/c1-6-8-10-12-14-16-18-20-22-24-26-27-28-29-31-32-34-36-38-40-42-44-46-54(58)63-51-52(50-62-49-48-53(56(60)61)57(3,4)5)64-55(59)47-45-43-41-39-37-35-33-30-25-23-21-19-17-15-13-11-9-7-2/h8,10,14-17,19-23,25-27,29-31,33-34,36,52-53H,6-7,9,11-13,18,24,28,32,35,37-51H2,1-5H3/p+1/b10-8+,16-14+,17-15+,21-19+,22-20+,25-23+,27-26+,31-29+,33-30+,36-34+. The highest BCUT2D eigenvalue weighted by molar-refractivity contribution is 5.72. The lowest BCUT2D eigenvalue weighted by molar-refractivity contribution is -0.887. The van der Waals surface area contributed by atoms with E-state index in [-0.39, 0.29) is 42.7 Å². The molecular formula is C56H90NO7+. The van der Waals surface area contributed by atoms with E-state index in [0.717, 1.165) is 109 Å². The molecule has 0 aliphatic heterocycles. The molecule has 1 N–H and O–H groups in total. The van der Waals surface area contributed by atoms with Gasteiger partial charge in [0.1, 0.15) is 6.61 Å². The molecule has 0 heterocycles. The van der Waals surface area contributed by atoms with Gasteiger partial charge >= 0.3 is 17.9 Å². The molecule has 64 heavy (non-hydrogen) atoms. The van der Waals surface area contributed by atoms with Crippen molar-refractivity contribution in [2.45, 2.75) is 174 Å². The normalized spacial score (nSPS) is 14.0. The molecule has 0 fully saturated rings. The maximum absolute atomic E-state index is 12.8. The van der Waals surface area contributed by atoms with E-state index in [4.69, 9.17) is 14.2 Å². The topological polar surface area (TPSA) is 99.1 Å². The smallest absolute Gasteiger partial charge is 0.362 e. The molecule has 2 atom stereocenters. The molecule has 0 amide bonds. The second kappa shape index (κ2) is 45.3. The van der Waals surface area contributed by atoms with Crippen molar-refractivity contribution >= 4 is 17.9 Å². The first-order chi connectivity index (χ1) is 31.1. The first-order valence-electron chi connectivity index (χ1n) is 24.6. The van der Waals surface area contributed by atoms with Crippen LogP contribution in [0.25, 0.3) is 0 Å². The molecule has 0 radical (unpaired) electrons. The number of rotatable bonds is 42. The van der Waals surface area contributed by atoms with Crippen LogP contribution in [0.2, 0.25) is 0 Å². The zero-order valence-electron chi connectivity index (χ0n) is 40.9. The Morgan fingerprint density at radius 2 is 0.938 bits per heavy atom. The number of ether oxygens (including phenoxy) is 3. The summed E-state index contributed by atoms with van der Waals surface area (Å²) >= 11 is 0. The van der Waals surface area contributed by atoms with Crippen LogP contribution in [0.4, 0.5) is 0 Å². The Morgan fingerprint density at radius 1 is 0.500 bits per heavy atom. The summed E-state index contributed by atoms with van der Waals surface area (Å²) in [5, 5.41) is 9.65. The Labute approximate surface area is 391 Å². The van der Waals surface area contributed by atoms with Crippen molar-refractivity contribution in [2.75, 3.05) is 41.0 Å². The van der Waals surface area contributed by atoms with Gasteiger partial charge in [0.2, 0.25) is 0 Å². The molecule has 0 spiro atoms. The summed E-state index contributed by atoms with van der Waals surface area (Å²) in [5.74, 6) is -1.56. The zero-order chi connectivity index (χ0) is 47.0. The number of likely N-dealkylation sites (N-methyl/N-ethyl adjacent to an activating group) is 1. The summed E-state index contributed by atoms with van der Waals surface area (Å²) in [5.41, 5.74) is 0. The lowest BCUT2D eigenvalue weighted by atomic mass is 10.1. The van der Waals surface area contributed by atoms with Crippen molar-refractivity contribution < 1.29 is 38.2 Å². The Hall–Kier alpha value is -4.27. The molecular weight excluding hydrogens is 799 g/mol. The molecule has 0 rings (SSSR count). The minimum atomic E-state index is -0.890. The molecule has 2 unspecified atom stereocenters. The molecule has 360 valence electrons. The van der Waals surface area contributed by atoms with Crippen LogP contribution in [0, 0.1) is 0 Å². The van der Waals surface area contributed by atoms with Gasteiger partial charge in [0, 0.05) is 19.3 Å². The SMILES string of the molecule is CC/C=C/C/C=C/C/C=C/C/C=C/C/C=C/C/C=C/CCCCCC(=O)OCC(COCCC(C(=O)O)[N+](C)(C)C)OC(=O)CCCCCCC/C=C/C=C/C=C/C=C/CCCCC. The molecule has 8 nitrogen and oxygen atoms in total. The second-order valence-corrected chi connectivity index (χ2v) is 17.1. The fourth-order valence-electron chi connectivity index (χ4n) is 6.40. The first-order valence-corrected chi connectivity index (χ1v) is 24.6. The molecule has 0 aromatic carbocycles. The molecule has 0 saturated heterocycles. The molecule has 8 heteroatoms. The average Bonchev–Trinajstić information content (AvgIpc) is 3.26. The molecule has 0 aromatic rings. The Morgan fingerprint density at radius 3 is 1.45 bits per heavy atom. The summed E-state index contributed by atoms with van der Waals surface area (Å²) < 4.78 is 17.3. The van der Waals surface area contributed by atoms with Gasteiger partial charge in [0.15, 0.2) is 12.1 Å². The summed E-state index contributed by atoms with van der Waals surface area (Å²) in [6.45, 7) is 4.50. The van der Waals surface area contributed by atoms with Crippen molar-refractivity contribution in [3.63, 3.8) is 0 Å². The quantitative estimate of drug-likeness (QED) is 0.0214. The predicted octanol–water partition coefficient (Wildman–Crippen LogP) is 14.2. The summed E-state index contributed by atoms with van der Waals surface area (Å²) in [6, 6.07) is -0.633. The number of hydrogen-bond donors (Lipinski definition) is 1. The second-order valence-electron chi connectivity index (χ2n) is 17.1. The molecule has 0 bridgehead atoms.